The van der Waals surface area contributed by atoms with Gasteiger partial charge in [0.1, 0.15) is 0 Å². The van der Waals surface area contributed by atoms with Gasteiger partial charge in [0.05, 0.1) is 8.07 Å². The van der Waals surface area contributed by atoms with Crippen LogP contribution in [0.15, 0.2) is 0 Å². The highest BCUT2D eigenvalue weighted by atomic mass is 28.3. The van der Waals surface area contributed by atoms with Crippen LogP contribution in [-0.4, -0.2) is 34.0 Å². The van der Waals surface area contributed by atoms with E-state index >= 15 is 0 Å². The van der Waals surface area contributed by atoms with E-state index in [0.29, 0.717) is 12.1 Å². The zero-order valence-corrected chi connectivity index (χ0v) is 9.73. The van der Waals surface area contributed by atoms with Crippen LogP contribution < -0.4 is 10.6 Å². The Morgan fingerprint density at radius 3 is 1.54 bits per heavy atom. The van der Waals surface area contributed by atoms with Crippen molar-refractivity contribution >= 4 is 19.9 Å². The van der Waals surface area contributed by atoms with Crippen molar-refractivity contribution in [2.24, 2.45) is 0 Å². The molecular formula is C8H18N2O2Si. The van der Waals surface area contributed by atoms with E-state index in [1.54, 1.807) is 14.1 Å². The lowest BCUT2D eigenvalue weighted by atomic mass is 10.7. The minimum absolute atomic E-state index is 0.0283. The molecule has 2 N–H and O–H groups in total. The van der Waals surface area contributed by atoms with Crippen LogP contribution >= 0.6 is 0 Å². The fraction of sp³-hybridized carbons (Fsp3) is 0.750. The first kappa shape index (κ1) is 12.2. The third-order valence-corrected chi connectivity index (χ3v) is 4.39. The van der Waals surface area contributed by atoms with Gasteiger partial charge in [-0.25, -0.2) is 0 Å². The summed E-state index contributed by atoms with van der Waals surface area (Å²) >= 11 is 0. The molecule has 0 fully saturated rings. The molecule has 0 rings (SSSR count). The SMILES string of the molecule is CNC(=O)C[Si](C)(C)CC(=O)NC. The molecule has 5 heteroatoms. The van der Waals surface area contributed by atoms with Gasteiger partial charge in [-0.05, 0) is 0 Å². The highest BCUT2D eigenvalue weighted by Crippen LogP contribution is 2.14. The number of amides is 2. The molecule has 0 aliphatic carbocycles. The lowest BCUT2D eigenvalue weighted by molar-refractivity contribution is -0.118. The van der Waals surface area contributed by atoms with Crippen molar-refractivity contribution in [3.05, 3.63) is 0 Å². The molecule has 0 bridgehead atoms. The Morgan fingerprint density at radius 1 is 1.00 bits per heavy atom. The average Bonchev–Trinajstić information content (AvgIpc) is 2.02. The van der Waals surface area contributed by atoms with E-state index in [9.17, 15) is 9.59 Å². The number of nitrogens with one attached hydrogen (secondary N) is 2. The molecule has 2 amide bonds. The van der Waals surface area contributed by atoms with Gasteiger partial charge in [0.15, 0.2) is 0 Å². The summed E-state index contributed by atoms with van der Waals surface area (Å²) in [6, 6.07) is 1.02. The molecule has 0 aromatic carbocycles. The lowest BCUT2D eigenvalue weighted by Crippen LogP contribution is -2.38. The van der Waals surface area contributed by atoms with Crippen LogP contribution in [0, 0.1) is 0 Å². The van der Waals surface area contributed by atoms with E-state index in [2.05, 4.69) is 10.6 Å². The number of hydrogen-bond donors (Lipinski definition) is 2. The Balaban J connectivity index is 4.07. The molecule has 0 aromatic rings. The van der Waals surface area contributed by atoms with Crippen LogP contribution in [0.25, 0.3) is 0 Å². The first-order chi connectivity index (χ1) is 5.91. The second-order valence-electron chi connectivity index (χ2n) is 3.86. The molecule has 0 aliphatic rings. The molecule has 0 aliphatic heterocycles. The van der Waals surface area contributed by atoms with Crippen molar-refractivity contribution in [2.75, 3.05) is 14.1 Å². The van der Waals surface area contributed by atoms with E-state index < -0.39 is 8.07 Å². The van der Waals surface area contributed by atoms with Gasteiger partial charge < -0.3 is 10.6 Å². The summed E-state index contributed by atoms with van der Waals surface area (Å²) in [5, 5.41) is 5.15. The van der Waals surface area contributed by atoms with Gasteiger partial charge in [0, 0.05) is 26.2 Å². The summed E-state index contributed by atoms with van der Waals surface area (Å²) in [7, 11) is 1.54. The Bertz CT molecular complexity index is 184. The topological polar surface area (TPSA) is 58.2 Å². The van der Waals surface area contributed by atoms with E-state index in [1.165, 1.54) is 0 Å². The van der Waals surface area contributed by atoms with Gasteiger partial charge in [-0.3, -0.25) is 9.59 Å². The van der Waals surface area contributed by atoms with E-state index in [1.807, 2.05) is 13.1 Å². The Morgan fingerprint density at radius 2 is 1.31 bits per heavy atom. The molecule has 0 aromatic heterocycles. The van der Waals surface area contributed by atoms with Crippen LogP contribution in [0.3, 0.4) is 0 Å². The molecule has 0 saturated heterocycles. The average molecular weight is 202 g/mol. The molecule has 0 radical (unpaired) electrons. The Hall–Kier alpha value is -0.843. The van der Waals surface area contributed by atoms with Crippen molar-refractivity contribution in [2.45, 2.75) is 25.2 Å². The zero-order chi connectivity index (χ0) is 10.5. The minimum atomic E-state index is -1.70. The maximum absolute atomic E-state index is 11.1. The van der Waals surface area contributed by atoms with Crippen LogP contribution in [0.1, 0.15) is 0 Å². The fourth-order valence-electron chi connectivity index (χ4n) is 1.11. The van der Waals surface area contributed by atoms with Gasteiger partial charge in [-0.15, -0.1) is 0 Å². The van der Waals surface area contributed by atoms with Crippen molar-refractivity contribution in [3.8, 4) is 0 Å². The molecule has 13 heavy (non-hydrogen) atoms. The number of carbonyl (C=O) groups excluding carboxylic acids is 2. The second kappa shape index (κ2) is 5.01. The summed E-state index contributed by atoms with van der Waals surface area (Å²) in [6.45, 7) is 4.08. The monoisotopic (exact) mass is 202 g/mol. The summed E-state index contributed by atoms with van der Waals surface area (Å²) in [4.78, 5) is 22.2. The number of carbonyl (C=O) groups is 2. The predicted molar refractivity (Wildman–Crippen MR) is 55.2 cm³/mol. The first-order valence-electron chi connectivity index (χ1n) is 4.32. The Labute approximate surface area is 80.1 Å². The molecule has 4 nitrogen and oxygen atoms in total. The van der Waals surface area contributed by atoms with Gasteiger partial charge in [0.25, 0.3) is 0 Å². The summed E-state index contributed by atoms with van der Waals surface area (Å²) < 4.78 is 0. The highest BCUT2D eigenvalue weighted by molar-refractivity contribution is 6.82. The van der Waals surface area contributed by atoms with Gasteiger partial charge >= 0.3 is 0 Å². The summed E-state index contributed by atoms with van der Waals surface area (Å²) in [5.74, 6) is 0.0566. The number of hydrogen-bond acceptors (Lipinski definition) is 2. The first-order valence-corrected chi connectivity index (χ1v) is 7.74. The molecule has 0 spiro atoms. The molecule has 0 atom stereocenters. The lowest BCUT2D eigenvalue weighted by Gasteiger charge is -2.19. The van der Waals surface area contributed by atoms with Gasteiger partial charge in [0.2, 0.25) is 11.8 Å². The maximum Gasteiger partial charge on any atom is 0.217 e. The largest absolute Gasteiger partial charge is 0.359 e. The quantitative estimate of drug-likeness (QED) is 0.639. The zero-order valence-electron chi connectivity index (χ0n) is 8.73. The minimum Gasteiger partial charge on any atom is -0.359 e. The normalized spacial score (nSPS) is 10.8. The van der Waals surface area contributed by atoms with Crippen LogP contribution in [0.2, 0.25) is 25.2 Å². The van der Waals surface area contributed by atoms with E-state index in [4.69, 9.17) is 0 Å². The maximum atomic E-state index is 11.1. The summed E-state index contributed by atoms with van der Waals surface area (Å²) in [6.07, 6.45) is 0. The van der Waals surface area contributed by atoms with Gasteiger partial charge in [-0.2, -0.15) is 0 Å². The van der Waals surface area contributed by atoms with Crippen molar-refractivity contribution in [1.29, 1.82) is 0 Å². The Kier molecular flexibility index (Phi) is 4.69. The molecule has 76 valence electrons. The second-order valence-corrected chi connectivity index (χ2v) is 8.90. The smallest absolute Gasteiger partial charge is 0.217 e. The third kappa shape index (κ3) is 5.40. The van der Waals surface area contributed by atoms with Crippen LogP contribution in [0.5, 0.6) is 0 Å². The van der Waals surface area contributed by atoms with Crippen molar-refractivity contribution in [3.63, 3.8) is 0 Å². The van der Waals surface area contributed by atoms with Gasteiger partial charge in [-0.1, -0.05) is 13.1 Å². The molecular weight excluding hydrogens is 184 g/mol. The van der Waals surface area contributed by atoms with E-state index in [-0.39, 0.29) is 11.8 Å². The molecule has 0 heterocycles. The predicted octanol–water partition coefficient (Wildman–Crippen LogP) is 0.187. The van der Waals surface area contributed by atoms with Crippen LogP contribution in [-0.2, 0) is 9.59 Å². The standard InChI is InChI=1S/C8H18N2O2Si/c1-9-7(11)5-13(3,4)6-8(12)10-2/h5-6H2,1-4H3,(H,9,11)(H,10,12). The molecule has 0 unspecified atom stereocenters. The van der Waals surface area contributed by atoms with Crippen molar-refractivity contribution in [1.82, 2.24) is 10.6 Å². The van der Waals surface area contributed by atoms with Crippen LogP contribution in [0.4, 0.5) is 0 Å². The van der Waals surface area contributed by atoms with Crippen molar-refractivity contribution < 1.29 is 9.59 Å². The van der Waals surface area contributed by atoms with E-state index in [0.717, 1.165) is 0 Å². The molecule has 0 saturated carbocycles. The summed E-state index contributed by atoms with van der Waals surface area (Å²) in [5.41, 5.74) is 0. The number of rotatable bonds is 4. The third-order valence-electron chi connectivity index (χ3n) is 1.84. The fourth-order valence-corrected chi connectivity index (χ4v) is 3.33. The highest BCUT2D eigenvalue weighted by Gasteiger charge is 2.26.